The number of nitrogens with zero attached hydrogens (tertiary/aromatic N) is 2. The predicted octanol–water partition coefficient (Wildman–Crippen LogP) is 2.91. The summed E-state index contributed by atoms with van der Waals surface area (Å²) in [5.41, 5.74) is 1.43. The van der Waals surface area contributed by atoms with Crippen molar-refractivity contribution in [3.63, 3.8) is 0 Å². The van der Waals surface area contributed by atoms with Gasteiger partial charge in [-0.25, -0.2) is 19.6 Å². The quantitative estimate of drug-likeness (QED) is 0.607. The van der Waals surface area contributed by atoms with E-state index in [2.05, 4.69) is 25.3 Å². The van der Waals surface area contributed by atoms with Crippen LogP contribution in [0.25, 0.3) is 11.1 Å². The SMILES string of the molecule is COC(=O)[C@H](C)NC(=O)[C@H](Cc1cc(Cl)cc(-c2cncnc2)c1)NC(=O)OC(C)(C)C. The number of aromatic nitrogens is 2. The van der Waals surface area contributed by atoms with Crippen LogP contribution in [0.2, 0.25) is 5.02 Å². The molecule has 0 aliphatic rings. The van der Waals surface area contributed by atoms with E-state index in [1.807, 2.05) is 6.07 Å². The Hall–Kier alpha value is -3.20. The first-order valence-corrected chi connectivity index (χ1v) is 10.3. The number of methoxy groups -OCH3 is 1. The van der Waals surface area contributed by atoms with Gasteiger partial charge >= 0.3 is 12.1 Å². The molecule has 0 spiro atoms. The van der Waals surface area contributed by atoms with Gasteiger partial charge in [0.2, 0.25) is 5.91 Å². The number of alkyl carbamates (subject to hydrolysis) is 1. The molecule has 0 aliphatic carbocycles. The number of benzene rings is 1. The lowest BCUT2D eigenvalue weighted by molar-refractivity contribution is -0.144. The number of hydrogen-bond donors (Lipinski definition) is 2. The van der Waals surface area contributed by atoms with E-state index in [4.69, 9.17) is 16.3 Å². The number of carbonyl (C=O) groups excluding carboxylic acids is 3. The lowest BCUT2D eigenvalue weighted by Crippen LogP contribution is -2.52. The molecule has 1 heterocycles. The second-order valence-electron chi connectivity index (χ2n) is 8.13. The average molecular weight is 463 g/mol. The summed E-state index contributed by atoms with van der Waals surface area (Å²) in [6, 6.07) is 3.34. The van der Waals surface area contributed by atoms with Crippen molar-refractivity contribution in [1.29, 1.82) is 0 Å². The van der Waals surface area contributed by atoms with E-state index in [1.165, 1.54) is 20.4 Å². The monoisotopic (exact) mass is 462 g/mol. The van der Waals surface area contributed by atoms with E-state index in [0.717, 1.165) is 11.1 Å². The number of esters is 1. The molecule has 0 unspecified atom stereocenters. The van der Waals surface area contributed by atoms with E-state index in [-0.39, 0.29) is 6.42 Å². The van der Waals surface area contributed by atoms with Crippen LogP contribution in [0.4, 0.5) is 4.79 Å². The van der Waals surface area contributed by atoms with Gasteiger partial charge in [0.1, 0.15) is 24.0 Å². The molecule has 0 radical (unpaired) electrons. The molecular weight excluding hydrogens is 436 g/mol. The number of hydrogen-bond acceptors (Lipinski definition) is 7. The molecule has 10 heteroatoms. The Bertz CT molecular complexity index is 963. The molecular formula is C22H27ClN4O5. The van der Waals surface area contributed by atoms with Crippen molar-refractivity contribution in [1.82, 2.24) is 20.6 Å². The van der Waals surface area contributed by atoms with Gasteiger partial charge in [0.25, 0.3) is 0 Å². The maximum absolute atomic E-state index is 12.9. The van der Waals surface area contributed by atoms with E-state index >= 15 is 0 Å². The number of amides is 2. The minimum Gasteiger partial charge on any atom is -0.467 e. The van der Waals surface area contributed by atoms with Crippen molar-refractivity contribution < 1.29 is 23.9 Å². The van der Waals surface area contributed by atoms with Crippen LogP contribution in [0.3, 0.4) is 0 Å². The smallest absolute Gasteiger partial charge is 0.408 e. The van der Waals surface area contributed by atoms with Crippen molar-refractivity contribution in [2.24, 2.45) is 0 Å². The topological polar surface area (TPSA) is 120 Å². The van der Waals surface area contributed by atoms with Crippen LogP contribution in [0.1, 0.15) is 33.3 Å². The van der Waals surface area contributed by atoms with Crippen molar-refractivity contribution in [2.45, 2.75) is 51.8 Å². The predicted molar refractivity (Wildman–Crippen MR) is 119 cm³/mol. The molecule has 0 aliphatic heterocycles. The zero-order chi connectivity index (χ0) is 23.9. The van der Waals surface area contributed by atoms with E-state index < -0.39 is 35.7 Å². The molecule has 0 saturated heterocycles. The summed E-state index contributed by atoms with van der Waals surface area (Å²) in [6.07, 6.45) is 4.04. The minimum absolute atomic E-state index is 0.0974. The Morgan fingerprint density at radius 3 is 2.31 bits per heavy atom. The standard InChI is InChI=1S/C22H27ClN4O5/c1-13(20(29)31-5)26-19(28)18(27-21(30)32-22(2,3)4)8-14-6-15(9-17(23)7-14)16-10-24-12-25-11-16/h6-7,9-13,18H,8H2,1-5H3,(H,26,28)(H,27,30)/t13-,18-/m0/s1. The lowest BCUT2D eigenvalue weighted by Gasteiger charge is -2.24. The summed E-state index contributed by atoms with van der Waals surface area (Å²) in [4.78, 5) is 44.9. The van der Waals surface area contributed by atoms with E-state index in [0.29, 0.717) is 10.6 Å². The van der Waals surface area contributed by atoms with Crippen molar-refractivity contribution in [3.8, 4) is 11.1 Å². The Labute approximate surface area is 191 Å². The third kappa shape index (κ3) is 7.81. The van der Waals surface area contributed by atoms with Gasteiger partial charge in [-0.15, -0.1) is 0 Å². The largest absolute Gasteiger partial charge is 0.467 e. The average Bonchev–Trinajstić information content (AvgIpc) is 2.71. The Balaban J connectivity index is 2.29. The van der Waals surface area contributed by atoms with Crippen molar-refractivity contribution >= 4 is 29.6 Å². The normalized spacial score (nSPS) is 12.9. The molecule has 2 aromatic rings. The molecule has 32 heavy (non-hydrogen) atoms. The zero-order valence-electron chi connectivity index (χ0n) is 18.6. The third-order valence-corrected chi connectivity index (χ3v) is 4.43. The van der Waals surface area contributed by atoms with Crippen LogP contribution in [-0.2, 0) is 25.5 Å². The first kappa shape index (κ1) is 25.1. The highest BCUT2D eigenvalue weighted by Gasteiger charge is 2.27. The molecule has 172 valence electrons. The molecule has 2 amide bonds. The van der Waals surface area contributed by atoms with Crippen LogP contribution in [0.15, 0.2) is 36.9 Å². The number of carbonyl (C=O) groups is 3. The van der Waals surface area contributed by atoms with Gasteiger partial charge in [-0.2, -0.15) is 0 Å². The van der Waals surface area contributed by atoms with Crippen LogP contribution >= 0.6 is 11.6 Å². The van der Waals surface area contributed by atoms with Gasteiger partial charge in [-0.1, -0.05) is 17.7 Å². The van der Waals surface area contributed by atoms with Gasteiger partial charge in [-0.3, -0.25) is 4.79 Å². The molecule has 2 atom stereocenters. The van der Waals surface area contributed by atoms with Gasteiger partial charge < -0.3 is 20.1 Å². The summed E-state index contributed by atoms with van der Waals surface area (Å²) in [6.45, 7) is 6.63. The minimum atomic E-state index is -1.03. The molecule has 1 aromatic heterocycles. The third-order valence-electron chi connectivity index (χ3n) is 4.21. The fourth-order valence-corrected chi connectivity index (χ4v) is 3.09. The Morgan fingerprint density at radius 1 is 1.06 bits per heavy atom. The first-order valence-electron chi connectivity index (χ1n) is 9.91. The zero-order valence-corrected chi connectivity index (χ0v) is 19.4. The highest BCUT2D eigenvalue weighted by molar-refractivity contribution is 6.31. The van der Waals surface area contributed by atoms with Crippen molar-refractivity contribution in [2.75, 3.05) is 7.11 Å². The van der Waals surface area contributed by atoms with Crippen molar-refractivity contribution in [3.05, 3.63) is 47.5 Å². The maximum Gasteiger partial charge on any atom is 0.408 e. The summed E-state index contributed by atoms with van der Waals surface area (Å²) in [5, 5.41) is 5.56. The summed E-state index contributed by atoms with van der Waals surface area (Å²) in [7, 11) is 1.22. The highest BCUT2D eigenvalue weighted by atomic mass is 35.5. The molecule has 1 aromatic carbocycles. The van der Waals surface area contributed by atoms with Crippen LogP contribution in [-0.4, -0.2) is 52.7 Å². The molecule has 0 fully saturated rings. The van der Waals surface area contributed by atoms with Gasteiger partial charge in [-0.05, 0) is 51.0 Å². The fourth-order valence-electron chi connectivity index (χ4n) is 2.83. The summed E-state index contributed by atoms with van der Waals surface area (Å²) < 4.78 is 9.93. The molecule has 2 rings (SSSR count). The highest BCUT2D eigenvalue weighted by Crippen LogP contribution is 2.24. The number of nitrogens with one attached hydrogen (secondary N) is 2. The number of rotatable bonds is 7. The van der Waals surface area contributed by atoms with Crippen LogP contribution < -0.4 is 10.6 Å². The second kappa shape index (κ2) is 10.9. The Morgan fingerprint density at radius 2 is 1.72 bits per heavy atom. The summed E-state index contributed by atoms with van der Waals surface area (Å²) >= 11 is 6.29. The van der Waals surface area contributed by atoms with Gasteiger partial charge in [0.05, 0.1) is 7.11 Å². The number of halogens is 1. The maximum atomic E-state index is 12.9. The van der Waals surface area contributed by atoms with E-state index in [1.54, 1.807) is 45.3 Å². The lowest BCUT2D eigenvalue weighted by atomic mass is 10.00. The molecule has 0 bridgehead atoms. The molecule has 9 nitrogen and oxygen atoms in total. The summed E-state index contributed by atoms with van der Waals surface area (Å²) in [5.74, 6) is -1.18. The van der Waals surface area contributed by atoms with Crippen LogP contribution in [0.5, 0.6) is 0 Å². The Kier molecular flexibility index (Phi) is 8.54. The van der Waals surface area contributed by atoms with Crippen LogP contribution in [0, 0.1) is 0 Å². The fraction of sp³-hybridized carbons (Fsp3) is 0.409. The molecule has 0 saturated carbocycles. The van der Waals surface area contributed by atoms with Gasteiger partial charge in [0.15, 0.2) is 0 Å². The van der Waals surface area contributed by atoms with E-state index in [9.17, 15) is 14.4 Å². The first-order chi connectivity index (χ1) is 15.0. The number of ether oxygens (including phenoxy) is 2. The second-order valence-corrected chi connectivity index (χ2v) is 8.57. The molecule has 2 N–H and O–H groups in total. The van der Waals surface area contributed by atoms with Gasteiger partial charge in [0, 0.05) is 29.4 Å².